The summed E-state index contributed by atoms with van der Waals surface area (Å²) < 4.78 is 27.5. The largest absolute Gasteiger partial charge is 0.324 e. The zero-order valence-corrected chi connectivity index (χ0v) is 13.1. The van der Waals surface area contributed by atoms with E-state index in [0.717, 1.165) is 5.56 Å². The molecular formula is C17H12ClF2N3O. The van der Waals surface area contributed by atoms with E-state index in [4.69, 9.17) is 11.6 Å². The van der Waals surface area contributed by atoms with Crippen molar-refractivity contribution >= 4 is 23.2 Å². The number of hydrogen-bond donors (Lipinski definition) is 1. The monoisotopic (exact) mass is 347 g/mol. The number of hydrogen-bond acceptors (Lipinski definition) is 2. The summed E-state index contributed by atoms with van der Waals surface area (Å²) in [5, 5.41) is 6.82. The molecule has 1 amide bonds. The molecule has 0 aliphatic carbocycles. The first-order valence-corrected chi connectivity index (χ1v) is 7.43. The fourth-order valence-corrected chi connectivity index (χ4v) is 2.33. The highest BCUT2D eigenvalue weighted by molar-refractivity contribution is 6.31. The first-order chi connectivity index (χ1) is 11.5. The second kappa shape index (κ2) is 6.80. The van der Waals surface area contributed by atoms with Gasteiger partial charge in [-0.3, -0.25) is 9.48 Å². The van der Waals surface area contributed by atoms with E-state index in [9.17, 15) is 13.6 Å². The van der Waals surface area contributed by atoms with Crippen molar-refractivity contribution in [2.24, 2.45) is 0 Å². The molecule has 0 unspecified atom stereocenters. The van der Waals surface area contributed by atoms with Crippen molar-refractivity contribution in [1.82, 2.24) is 9.78 Å². The molecule has 0 aliphatic rings. The molecule has 0 atom stereocenters. The Hall–Kier alpha value is -2.73. The van der Waals surface area contributed by atoms with Crippen LogP contribution in [0.1, 0.15) is 0 Å². The summed E-state index contributed by atoms with van der Waals surface area (Å²) in [4.78, 5) is 12.0. The van der Waals surface area contributed by atoms with E-state index in [1.165, 1.54) is 35.0 Å². The minimum atomic E-state index is -0.550. The molecule has 3 rings (SSSR count). The van der Waals surface area contributed by atoms with Crippen molar-refractivity contribution in [3.8, 4) is 11.3 Å². The van der Waals surface area contributed by atoms with Gasteiger partial charge in [0.05, 0.1) is 10.7 Å². The molecule has 0 aliphatic heterocycles. The highest BCUT2D eigenvalue weighted by Gasteiger charge is 2.08. The number of anilines is 1. The maximum absolute atomic E-state index is 13.1. The van der Waals surface area contributed by atoms with Gasteiger partial charge in [0, 0.05) is 17.4 Å². The first-order valence-electron chi connectivity index (χ1n) is 7.05. The van der Waals surface area contributed by atoms with Crippen LogP contribution in [-0.2, 0) is 11.3 Å². The zero-order valence-electron chi connectivity index (χ0n) is 12.3. The standard InChI is InChI=1S/C17H12ClF2N3O/c18-14-9-13(5-6-15(14)20)21-17(24)10-23-8-7-16(22-23)11-1-3-12(19)4-2-11/h1-9H,10H2,(H,21,24). The third kappa shape index (κ3) is 3.78. The van der Waals surface area contributed by atoms with Crippen LogP contribution in [0.4, 0.5) is 14.5 Å². The van der Waals surface area contributed by atoms with Gasteiger partial charge in [-0.2, -0.15) is 5.10 Å². The Balaban J connectivity index is 1.66. The van der Waals surface area contributed by atoms with Gasteiger partial charge in [-0.15, -0.1) is 0 Å². The van der Waals surface area contributed by atoms with Crippen LogP contribution >= 0.6 is 11.6 Å². The van der Waals surface area contributed by atoms with E-state index in [1.54, 1.807) is 24.4 Å². The number of nitrogens with one attached hydrogen (secondary N) is 1. The van der Waals surface area contributed by atoms with Crippen LogP contribution in [0.3, 0.4) is 0 Å². The third-order valence-electron chi connectivity index (χ3n) is 3.29. The van der Waals surface area contributed by atoms with Crippen molar-refractivity contribution in [1.29, 1.82) is 0 Å². The lowest BCUT2D eigenvalue weighted by Crippen LogP contribution is -2.19. The molecule has 24 heavy (non-hydrogen) atoms. The van der Waals surface area contributed by atoms with Gasteiger partial charge in [0.2, 0.25) is 5.91 Å². The normalized spacial score (nSPS) is 10.6. The number of carbonyl (C=O) groups excluding carboxylic acids is 1. The maximum atomic E-state index is 13.1. The van der Waals surface area contributed by atoms with Crippen LogP contribution < -0.4 is 5.32 Å². The summed E-state index contributed by atoms with van der Waals surface area (Å²) in [6.45, 7) is -0.0177. The van der Waals surface area contributed by atoms with Gasteiger partial charge in [-0.05, 0) is 48.5 Å². The molecule has 1 N–H and O–H groups in total. The number of carbonyl (C=O) groups is 1. The molecule has 0 radical (unpaired) electrons. The Morgan fingerprint density at radius 2 is 1.88 bits per heavy atom. The fraction of sp³-hybridized carbons (Fsp3) is 0.0588. The van der Waals surface area contributed by atoms with Crippen molar-refractivity contribution in [3.63, 3.8) is 0 Å². The Morgan fingerprint density at radius 1 is 1.12 bits per heavy atom. The van der Waals surface area contributed by atoms with Gasteiger partial charge in [-0.25, -0.2) is 8.78 Å². The van der Waals surface area contributed by atoms with Crippen LogP contribution in [0.2, 0.25) is 5.02 Å². The molecule has 0 saturated carbocycles. The van der Waals surface area contributed by atoms with E-state index in [-0.39, 0.29) is 23.3 Å². The molecule has 2 aromatic carbocycles. The first kappa shape index (κ1) is 16.1. The molecule has 1 heterocycles. The third-order valence-corrected chi connectivity index (χ3v) is 3.58. The van der Waals surface area contributed by atoms with E-state index in [1.807, 2.05) is 0 Å². The fourth-order valence-electron chi connectivity index (χ4n) is 2.15. The Labute approximate surface area is 141 Å². The van der Waals surface area contributed by atoms with Gasteiger partial charge in [0.1, 0.15) is 18.2 Å². The quantitative estimate of drug-likeness (QED) is 0.771. The highest BCUT2D eigenvalue weighted by Crippen LogP contribution is 2.20. The second-order valence-corrected chi connectivity index (χ2v) is 5.49. The lowest BCUT2D eigenvalue weighted by molar-refractivity contribution is -0.116. The summed E-state index contributed by atoms with van der Waals surface area (Å²) in [5.41, 5.74) is 1.78. The van der Waals surface area contributed by atoms with Crippen molar-refractivity contribution in [2.75, 3.05) is 5.32 Å². The zero-order chi connectivity index (χ0) is 17.1. The highest BCUT2D eigenvalue weighted by atomic mass is 35.5. The molecule has 0 bridgehead atoms. The van der Waals surface area contributed by atoms with Crippen LogP contribution in [0.15, 0.2) is 54.7 Å². The summed E-state index contributed by atoms with van der Waals surface area (Å²) in [6, 6.07) is 11.6. The lowest BCUT2D eigenvalue weighted by atomic mass is 10.1. The number of amides is 1. The smallest absolute Gasteiger partial charge is 0.246 e. The summed E-state index contributed by atoms with van der Waals surface area (Å²) in [7, 11) is 0. The van der Waals surface area contributed by atoms with Crippen molar-refractivity contribution in [3.05, 3.63) is 71.4 Å². The van der Waals surface area contributed by atoms with Gasteiger partial charge < -0.3 is 5.32 Å². The molecule has 122 valence electrons. The SMILES string of the molecule is O=C(Cn1ccc(-c2ccc(F)cc2)n1)Nc1ccc(F)c(Cl)c1. The minimum Gasteiger partial charge on any atom is -0.324 e. The summed E-state index contributed by atoms with van der Waals surface area (Å²) in [6.07, 6.45) is 1.65. The Kier molecular flexibility index (Phi) is 4.57. The summed E-state index contributed by atoms with van der Waals surface area (Å²) >= 11 is 5.67. The lowest BCUT2D eigenvalue weighted by Gasteiger charge is -2.06. The van der Waals surface area contributed by atoms with Crippen molar-refractivity contribution < 1.29 is 13.6 Å². The number of benzene rings is 2. The number of aromatic nitrogens is 2. The average Bonchev–Trinajstić information content (AvgIpc) is 3.00. The number of nitrogens with zero attached hydrogens (tertiary/aromatic N) is 2. The van der Waals surface area contributed by atoms with Gasteiger partial charge in [0.15, 0.2) is 0 Å². The molecule has 7 heteroatoms. The molecule has 1 aromatic heterocycles. The predicted octanol–water partition coefficient (Wildman–Crippen LogP) is 4.12. The minimum absolute atomic E-state index is 0.0177. The van der Waals surface area contributed by atoms with Gasteiger partial charge in [-0.1, -0.05) is 11.6 Å². The topological polar surface area (TPSA) is 46.9 Å². The van der Waals surface area contributed by atoms with E-state index in [2.05, 4.69) is 10.4 Å². The van der Waals surface area contributed by atoms with Gasteiger partial charge in [0.25, 0.3) is 0 Å². The van der Waals surface area contributed by atoms with Crippen molar-refractivity contribution in [2.45, 2.75) is 6.54 Å². The maximum Gasteiger partial charge on any atom is 0.246 e. The van der Waals surface area contributed by atoms with E-state index >= 15 is 0 Å². The van der Waals surface area contributed by atoms with Crippen LogP contribution in [0, 0.1) is 11.6 Å². The molecule has 4 nitrogen and oxygen atoms in total. The Morgan fingerprint density at radius 3 is 2.58 bits per heavy atom. The molecule has 0 spiro atoms. The molecular weight excluding hydrogens is 336 g/mol. The molecule has 0 saturated heterocycles. The predicted molar refractivity (Wildman–Crippen MR) is 87.7 cm³/mol. The van der Waals surface area contributed by atoms with Crippen LogP contribution in [-0.4, -0.2) is 15.7 Å². The van der Waals surface area contributed by atoms with Crippen LogP contribution in [0.5, 0.6) is 0 Å². The van der Waals surface area contributed by atoms with E-state index < -0.39 is 5.82 Å². The summed E-state index contributed by atoms with van der Waals surface area (Å²) in [5.74, 6) is -1.20. The molecule has 3 aromatic rings. The number of halogens is 3. The number of rotatable bonds is 4. The Bertz CT molecular complexity index is 878. The molecule has 0 fully saturated rings. The second-order valence-electron chi connectivity index (χ2n) is 5.08. The van der Waals surface area contributed by atoms with E-state index in [0.29, 0.717) is 11.4 Å². The average molecular weight is 348 g/mol. The van der Waals surface area contributed by atoms with Crippen LogP contribution in [0.25, 0.3) is 11.3 Å². The van der Waals surface area contributed by atoms with Gasteiger partial charge >= 0.3 is 0 Å².